The van der Waals surface area contributed by atoms with E-state index in [-0.39, 0.29) is 5.91 Å². The highest BCUT2D eigenvalue weighted by molar-refractivity contribution is 6.03. The molecule has 2 heterocycles. The average molecular weight is 331 g/mol. The number of nitrogens with one attached hydrogen (secondary N) is 2. The second-order valence-electron chi connectivity index (χ2n) is 5.93. The molecule has 25 heavy (non-hydrogen) atoms. The standard InChI is InChI=1S/C19H17N5O/c1-12-5-3-4-6-14(12)18-22-15-8-7-13(11-16(15)23-18)21-19(25)17-9-10-20-24(17)2/h3-11H,1-2H3,(H,21,25)(H,22,23). The lowest BCUT2D eigenvalue weighted by atomic mass is 10.1. The van der Waals surface area contributed by atoms with E-state index < -0.39 is 0 Å². The van der Waals surface area contributed by atoms with Gasteiger partial charge in [-0.15, -0.1) is 0 Å². The van der Waals surface area contributed by atoms with Gasteiger partial charge in [-0.25, -0.2) is 4.98 Å². The second kappa shape index (κ2) is 5.90. The number of hydrogen-bond acceptors (Lipinski definition) is 3. The summed E-state index contributed by atoms with van der Waals surface area (Å²) in [4.78, 5) is 20.3. The summed E-state index contributed by atoms with van der Waals surface area (Å²) in [5.74, 6) is 0.626. The lowest BCUT2D eigenvalue weighted by Gasteiger charge is -2.05. The van der Waals surface area contributed by atoms with Gasteiger partial charge in [0, 0.05) is 24.5 Å². The zero-order valence-corrected chi connectivity index (χ0v) is 13.9. The van der Waals surface area contributed by atoms with E-state index in [0.717, 1.165) is 28.0 Å². The maximum absolute atomic E-state index is 12.3. The molecule has 2 aromatic carbocycles. The first-order valence-corrected chi connectivity index (χ1v) is 7.97. The Kier molecular flexibility index (Phi) is 3.57. The van der Waals surface area contributed by atoms with Crippen LogP contribution in [0.15, 0.2) is 54.7 Å². The Balaban J connectivity index is 1.66. The summed E-state index contributed by atoms with van der Waals surface area (Å²) in [5, 5.41) is 6.90. The molecule has 0 atom stereocenters. The molecule has 2 aromatic heterocycles. The van der Waals surface area contributed by atoms with Crippen LogP contribution in [-0.4, -0.2) is 25.7 Å². The summed E-state index contributed by atoms with van der Waals surface area (Å²) in [6, 6.07) is 15.4. The van der Waals surface area contributed by atoms with Crippen molar-refractivity contribution in [2.24, 2.45) is 7.05 Å². The van der Waals surface area contributed by atoms with Crippen LogP contribution in [0, 0.1) is 6.92 Å². The summed E-state index contributed by atoms with van der Waals surface area (Å²) in [7, 11) is 1.74. The van der Waals surface area contributed by atoms with Gasteiger partial charge in [0.1, 0.15) is 11.5 Å². The number of H-pyrrole nitrogens is 1. The molecule has 0 aliphatic carbocycles. The van der Waals surface area contributed by atoms with Crippen molar-refractivity contribution in [2.75, 3.05) is 5.32 Å². The normalized spacial score (nSPS) is 11.0. The minimum absolute atomic E-state index is 0.196. The Labute approximate surface area is 144 Å². The maximum atomic E-state index is 12.3. The minimum Gasteiger partial charge on any atom is -0.338 e. The first-order chi connectivity index (χ1) is 12.1. The van der Waals surface area contributed by atoms with Gasteiger partial charge in [-0.3, -0.25) is 9.48 Å². The van der Waals surface area contributed by atoms with E-state index in [9.17, 15) is 4.79 Å². The number of benzene rings is 2. The molecule has 0 saturated carbocycles. The van der Waals surface area contributed by atoms with Crippen LogP contribution >= 0.6 is 0 Å². The van der Waals surface area contributed by atoms with Crippen LogP contribution in [0.1, 0.15) is 16.1 Å². The van der Waals surface area contributed by atoms with Gasteiger partial charge >= 0.3 is 0 Å². The van der Waals surface area contributed by atoms with Gasteiger partial charge in [-0.1, -0.05) is 24.3 Å². The summed E-state index contributed by atoms with van der Waals surface area (Å²) < 4.78 is 1.54. The fourth-order valence-electron chi connectivity index (χ4n) is 2.85. The first kappa shape index (κ1) is 15.1. The van der Waals surface area contributed by atoms with Gasteiger partial charge in [-0.05, 0) is 36.8 Å². The van der Waals surface area contributed by atoms with Crippen LogP contribution in [0.25, 0.3) is 22.4 Å². The molecule has 2 N–H and O–H groups in total. The van der Waals surface area contributed by atoms with Crippen molar-refractivity contribution in [1.29, 1.82) is 0 Å². The van der Waals surface area contributed by atoms with Crippen LogP contribution < -0.4 is 5.32 Å². The zero-order chi connectivity index (χ0) is 17.4. The summed E-state index contributed by atoms with van der Waals surface area (Å²) in [6.07, 6.45) is 1.60. The van der Waals surface area contributed by atoms with Gasteiger partial charge in [-0.2, -0.15) is 5.10 Å². The lowest BCUT2D eigenvalue weighted by Crippen LogP contribution is -2.15. The van der Waals surface area contributed by atoms with Crippen molar-refractivity contribution in [2.45, 2.75) is 6.92 Å². The predicted molar refractivity (Wildman–Crippen MR) is 97.4 cm³/mol. The Morgan fingerprint density at radius 2 is 2.00 bits per heavy atom. The van der Waals surface area contributed by atoms with E-state index in [4.69, 9.17) is 0 Å². The molecule has 4 aromatic rings. The van der Waals surface area contributed by atoms with Crippen LogP contribution in [0.4, 0.5) is 5.69 Å². The predicted octanol–water partition coefficient (Wildman–Crippen LogP) is 3.52. The number of amides is 1. The molecule has 1 amide bonds. The minimum atomic E-state index is -0.196. The maximum Gasteiger partial charge on any atom is 0.273 e. The van der Waals surface area contributed by atoms with Crippen molar-refractivity contribution in [3.8, 4) is 11.4 Å². The number of aromatic nitrogens is 4. The lowest BCUT2D eigenvalue weighted by molar-refractivity contribution is 0.101. The molecule has 124 valence electrons. The van der Waals surface area contributed by atoms with E-state index in [2.05, 4.69) is 33.4 Å². The Bertz CT molecular complexity index is 1080. The SMILES string of the molecule is Cc1ccccc1-c1nc2ccc(NC(=O)c3ccnn3C)cc2[nH]1. The molecule has 0 radical (unpaired) electrons. The third kappa shape index (κ3) is 2.78. The van der Waals surface area contributed by atoms with Crippen molar-refractivity contribution in [3.05, 3.63) is 66.0 Å². The van der Waals surface area contributed by atoms with E-state index in [1.807, 2.05) is 36.4 Å². The molecule has 0 unspecified atom stereocenters. The Morgan fingerprint density at radius 1 is 1.16 bits per heavy atom. The second-order valence-corrected chi connectivity index (χ2v) is 5.93. The third-order valence-corrected chi connectivity index (χ3v) is 4.19. The van der Waals surface area contributed by atoms with Crippen LogP contribution in [-0.2, 0) is 7.05 Å². The van der Waals surface area contributed by atoms with Gasteiger partial charge < -0.3 is 10.3 Å². The molecule has 4 rings (SSSR count). The highest BCUT2D eigenvalue weighted by Crippen LogP contribution is 2.25. The molecular weight excluding hydrogens is 314 g/mol. The molecule has 0 aliphatic heterocycles. The number of nitrogens with zero attached hydrogens (tertiary/aromatic N) is 3. The average Bonchev–Trinajstić information content (AvgIpc) is 3.20. The number of rotatable bonds is 3. The van der Waals surface area contributed by atoms with Gasteiger partial charge in [0.25, 0.3) is 5.91 Å². The van der Waals surface area contributed by atoms with Crippen molar-refractivity contribution in [3.63, 3.8) is 0 Å². The van der Waals surface area contributed by atoms with Crippen LogP contribution in [0.2, 0.25) is 0 Å². The Morgan fingerprint density at radius 3 is 2.76 bits per heavy atom. The first-order valence-electron chi connectivity index (χ1n) is 7.97. The van der Waals surface area contributed by atoms with Gasteiger partial charge in [0.15, 0.2) is 0 Å². The quantitative estimate of drug-likeness (QED) is 0.603. The third-order valence-electron chi connectivity index (χ3n) is 4.19. The number of aryl methyl sites for hydroxylation is 2. The molecular formula is C19H17N5O. The molecule has 0 bridgehead atoms. The number of carbonyl (C=O) groups excluding carboxylic acids is 1. The molecule has 6 heteroatoms. The Hall–Kier alpha value is -3.41. The van der Waals surface area contributed by atoms with E-state index >= 15 is 0 Å². The van der Waals surface area contributed by atoms with Crippen LogP contribution in [0.5, 0.6) is 0 Å². The highest BCUT2D eigenvalue weighted by atomic mass is 16.2. The van der Waals surface area contributed by atoms with Gasteiger partial charge in [0.05, 0.1) is 11.0 Å². The van der Waals surface area contributed by atoms with Gasteiger partial charge in [0.2, 0.25) is 0 Å². The number of fused-ring (bicyclic) bond motifs is 1. The summed E-state index contributed by atoms with van der Waals surface area (Å²) in [6.45, 7) is 2.06. The van der Waals surface area contributed by atoms with Crippen molar-refractivity contribution >= 4 is 22.6 Å². The van der Waals surface area contributed by atoms with Crippen LogP contribution in [0.3, 0.4) is 0 Å². The monoisotopic (exact) mass is 331 g/mol. The molecule has 0 aliphatic rings. The fraction of sp³-hybridized carbons (Fsp3) is 0.105. The highest BCUT2D eigenvalue weighted by Gasteiger charge is 2.12. The zero-order valence-electron chi connectivity index (χ0n) is 13.9. The molecule has 0 fully saturated rings. The van der Waals surface area contributed by atoms with E-state index in [1.54, 1.807) is 24.0 Å². The summed E-state index contributed by atoms with van der Waals surface area (Å²) in [5.41, 5.74) is 5.17. The topological polar surface area (TPSA) is 75.6 Å². The largest absolute Gasteiger partial charge is 0.338 e. The van der Waals surface area contributed by atoms with E-state index in [1.165, 1.54) is 0 Å². The molecule has 6 nitrogen and oxygen atoms in total. The molecule has 0 saturated heterocycles. The number of hydrogen-bond donors (Lipinski definition) is 2. The number of aromatic amines is 1. The number of carbonyl (C=O) groups is 1. The number of anilines is 1. The molecule has 0 spiro atoms. The van der Waals surface area contributed by atoms with Crippen molar-refractivity contribution < 1.29 is 4.79 Å². The van der Waals surface area contributed by atoms with E-state index in [0.29, 0.717) is 11.4 Å². The fourth-order valence-corrected chi connectivity index (χ4v) is 2.85. The summed E-state index contributed by atoms with van der Waals surface area (Å²) >= 11 is 0. The van der Waals surface area contributed by atoms with Crippen molar-refractivity contribution in [1.82, 2.24) is 19.7 Å². The number of imidazole rings is 1. The smallest absolute Gasteiger partial charge is 0.273 e.